The summed E-state index contributed by atoms with van der Waals surface area (Å²) in [5.41, 5.74) is 0.899. The van der Waals surface area contributed by atoms with Gasteiger partial charge in [0, 0.05) is 24.5 Å². The Morgan fingerprint density at radius 3 is 2.79 bits per heavy atom. The summed E-state index contributed by atoms with van der Waals surface area (Å²) in [5, 5.41) is 4.37. The standard InChI is InChI=1S/C14H20N2O2S/c1-15-12-14-8-5-10-16(14)19(17,18)11-9-13-6-3-2-4-7-13/h2-4,6-7,9,11,14-15H,5,8,10,12H2,1H3/b11-9+. The fourth-order valence-corrected chi connectivity index (χ4v) is 3.86. The molecule has 1 aromatic rings. The van der Waals surface area contributed by atoms with Crippen LogP contribution in [0.4, 0.5) is 0 Å². The molecule has 2 rings (SSSR count). The van der Waals surface area contributed by atoms with Gasteiger partial charge in [0.05, 0.1) is 0 Å². The van der Waals surface area contributed by atoms with Gasteiger partial charge in [0.15, 0.2) is 0 Å². The van der Waals surface area contributed by atoms with Gasteiger partial charge in [-0.25, -0.2) is 8.42 Å². The highest BCUT2D eigenvalue weighted by atomic mass is 32.2. The van der Waals surface area contributed by atoms with Crippen molar-refractivity contribution in [2.75, 3.05) is 20.1 Å². The molecule has 19 heavy (non-hydrogen) atoms. The predicted molar refractivity (Wildman–Crippen MR) is 78.1 cm³/mol. The monoisotopic (exact) mass is 280 g/mol. The van der Waals surface area contributed by atoms with E-state index >= 15 is 0 Å². The van der Waals surface area contributed by atoms with Crippen LogP contribution in [-0.4, -0.2) is 38.9 Å². The first-order valence-electron chi connectivity index (χ1n) is 6.53. The van der Waals surface area contributed by atoms with Crippen LogP contribution >= 0.6 is 0 Å². The van der Waals surface area contributed by atoms with Crippen molar-refractivity contribution in [1.82, 2.24) is 9.62 Å². The molecule has 1 aliphatic heterocycles. The minimum atomic E-state index is -3.32. The van der Waals surface area contributed by atoms with E-state index in [2.05, 4.69) is 5.32 Å². The molecule has 1 heterocycles. The molecule has 1 aromatic carbocycles. The molecule has 5 heteroatoms. The smallest absolute Gasteiger partial charge is 0.236 e. The summed E-state index contributed by atoms with van der Waals surface area (Å²) in [5.74, 6) is 0. The van der Waals surface area contributed by atoms with Crippen molar-refractivity contribution in [3.63, 3.8) is 0 Å². The Balaban J connectivity index is 2.12. The number of benzene rings is 1. The number of nitrogens with zero attached hydrogens (tertiary/aromatic N) is 1. The van der Waals surface area contributed by atoms with Gasteiger partial charge in [0.1, 0.15) is 0 Å². The first-order valence-corrected chi connectivity index (χ1v) is 8.03. The second-order valence-corrected chi connectivity index (χ2v) is 6.49. The highest BCUT2D eigenvalue weighted by Gasteiger charge is 2.31. The van der Waals surface area contributed by atoms with Gasteiger partial charge in [-0.2, -0.15) is 4.31 Å². The second kappa shape index (κ2) is 6.32. The molecule has 1 saturated heterocycles. The van der Waals surface area contributed by atoms with Crippen molar-refractivity contribution in [2.24, 2.45) is 0 Å². The lowest BCUT2D eigenvalue weighted by Gasteiger charge is -2.21. The molecule has 0 amide bonds. The third kappa shape index (κ3) is 3.65. The van der Waals surface area contributed by atoms with Crippen LogP contribution in [0.25, 0.3) is 6.08 Å². The maximum absolute atomic E-state index is 12.3. The van der Waals surface area contributed by atoms with E-state index in [1.54, 1.807) is 10.4 Å². The first-order chi connectivity index (χ1) is 9.13. The van der Waals surface area contributed by atoms with Crippen molar-refractivity contribution < 1.29 is 8.42 Å². The van der Waals surface area contributed by atoms with Crippen molar-refractivity contribution in [3.8, 4) is 0 Å². The maximum Gasteiger partial charge on any atom is 0.236 e. The summed E-state index contributed by atoms with van der Waals surface area (Å²) in [6.07, 6.45) is 3.52. The molecule has 1 N–H and O–H groups in total. The summed E-state index contributed by atoms with van der Waals surface area (Å²) in [6, 6.07) is 9.56. The van der Waals surface area contributed by atoms with Gasteiger partial charge in [-0.15, -0.1) is 0 Å². The average molecular weight is 280 g/mol. The summed E-state index contributed by atoms with van der Waals surface area (Å²) < 4.78 is 26.2. The van der Waals surface area contributed by atoms with Gasteiger partial charge in [-0.05, 0) is 31.5 Å². The van der Waals surface area contributed by atoms with Gasteiger partial charge < -0.3 is 5.32 Å². The lowest BCUT2D eigenvalue weighted by Crippen LogP contribution is -2.39. The molecule has 1 aliphatic rings. The number of hydrogen-bond donors (Lipinski definition) is 1. The Morgan fingerprint density at radius 1 is 1.37 bits per heavy atom. The van der Waals surface area contributed by atoms with Crippen molar-refractivity contribution in [1.29, 1.82) is 0 Å². The molecule has 1 fully saturated rings. The van der Waals surface area contributed by atoms with Crippen LogP contribution in [0, 0.1) is 0 Å². The second-order valence-electron chi connectivity index (χ2n) is 4.72. The fourth-order valence-electron chi connectivity index (χ4n) is 2.39. The molecule has 1 atom stereocenters. The topological polar surface area (TPSA) is 49.4 Å². The Hall–Kier alpha value is -1.17. The molecule has 0 bridgehead atoms. The number of likely N-dealkylation sites (N-methyl/N-ethyl adjacent to an activating group) is 1. The molecule has 0 saturated carbocycles. The zero-order valence-corrected chi connectivity index (χ0v) is 11.9. The van der Waals surface area contributed by atoms with Gasteiger partial charge in [0.25, 0.3) is 0 Å². The van der Waals surface area contributed by atoms with E-state index in [1.165, 1.54) is 5.41 Å². The summed E-state index contributed by atoms with van der Waals surface area (Å²) in [4.78, 5) is 0. The highest BCUT2D eigenvalue weighted by molar-refractivity contribution is 7.92. The van der Waals surface area contributed by atoms with Crippen LogP contribution in [-0.2, 0) is 10.0 Å². The van der Waals surface area contributed by atoms with E-state index in [0.717, 1.165) is 18.4 Å². The Morgan fingerprint density at radius 2 is 2.11 bits per heavy atom. The van der Waals surface area contributed by atoms with E-state index in [0.29, 0.717) is 13.1 Å². The molecule has 0 spiro atoms. The Bertz CT molecular complexity index is 526. The molecule has 104 valence electrons. The summed E-state index contributed by atoms with van der Waals surface area (Å²) in [6.45, 7) is 1.33. The minimum absolute atomic E-state index is 0.0791. The highest BCUT2D eigenvalue weighted by Crippen LogP contribution is 2.21. The van der Waals surface area contributed by atoms with Gasteiger partial charge in [-0.3, -0.25) is 0 Å². The van der Waals surface area contributed by atoms with Gasteiger partial charge >= 0.3 is 0 Å². The van der Waals surface area contributed by atoms with Crippen LogP contribution in [0.3, 0.4) is 0 Å². The van der Waals surface area contributed by atoms with E-state index in [1.807, 2.05) is 37.4 Å². The van der Waals surface area contributed by atoms with Crippen LogP contribution in [0.5, 0.6) is 0 Å². The first kappa shape index (κ1) is 14.2. The quantitative estimate of drug-likeness (QED) is 0.892. The lowest BCUT2D eigenvalue weighted by atomic mass is 10.2. The van der Waals surface area contributed by atoms with Crippen LogP contribution in [0.1, 0.15) is 18.4 Å². The summed E-state index contributed by atoms with van der Waals surface area (Å²) in [7, 11) is -1.47. The molecular formula is C14H20N2O2S. The third-order valence-corrected chi connectivity index (χ3v) is 4.94. The zero-order valence-electron chi connectivity index (χ0n) is 11.1. The number of sulfonamides is 1. The molecular weight excluding hydrogens is 260 g/mol. The van der Waals surface area contributed by atoms with Crippen molar-refractivity contribution in [2.45, 2.75) is 18.9 Å². The van der Waals surface area contributed by atoms with Crippen LogP contribution in [0.15, 0.2) is 35.7 Å². The molecule has 0 aromatic heterocycles. The third-order valence-electron chi connectivity index (χ3n) is 3.32. The number of rotatable bonds is 5. The largest absolute Gasteiger partial charge is 0.318 e. The predicted octanol–water partition coefficient (Wildman–Crippen LogP) is 1.67. The fraction of sp³-hybridized carbons (Fsp3) is 0.429. The van der Waals surface area contributed by atoms with Gasteiger partial charge in [0.2, 0.25) is 10.0 Å². The molecule has 4 nitrogen and oxygen atoms in total. The zero-order chi connectivity index (χ0) is 13.7. The van der Waals surface area contributed by atoms with E-state index in [4.69, 9.17) is 0 Å². The number of nitrogens with one attached hydrogen (secondary N) is 1. The molecule has 1 unspecified atom stereocenters. The van der Waals surface area contributed by atoms with E-state index in [-0.39, 0.29) is 6.04 Å². The number of hydrogen-bond acceptors (Lipinski definition) is 3. The van der Waals surface area contributed by atoms with Crippen molar-refractivity contribution >= 4 is 16.1 Å². The average Bonchev–Trinajstić information content (AvgIpc) is 2.87. The minimum Gasteiger partial charge on any atom is -0.318 e. The van der Waals surface area contributed by atoms with E-state index in [9.17, 15) is 8.42 Å². The molecule has 0 aliphatic carbocycles. The Kier molecular flexibility index (Phi) is 4.74. The molecule has 0 radical (unpaired) electrons. The normalized spacial score (nSPS) is 21.2. The van der Waals surface area contributed by atoms with E-state index < -0.39 is 10.0 Å². The summed E-state index contributed by atoms with van der Waals surface area (Å²) >= 11 is 0. The van der Waals surface area contributed by atoms with Crippen molar-refractivity contribution in [3.05, 3.63) is 41.3 Å². The van der Waals surface area contributed by atoms with Crippen LogP contribution < -0.4 is 5.32 Å². The van der Waals surface area contributed by atoms with Gasteiger partial charge in [-0.1, -0.05) is 30.3 Å². The maximum atomic E-state index is 12.3. The van der Waals surface area contributed by atoms with Crippen LogP contribution in [0.2, 0.25) is 0 Å². The SMILES string of the molecule is CNCC1CCCN1S(=O)(=O)/C=C/c1ccccc1. The Labute approximate surface area is 115 Å². The lowest BCUT2D eigenvalue weighted by molar-refractivity contribution is 0.384.